The Morgan fingerprint density at radius 1 is 1.31 bits per heavy atom. The maximum Gasteiger partial charge on any atom is 0.429 e. The normalized spacial score (nSPS) is 19.2. The fourth-order valence-electron chi connectivity index (χ4n) is 1.70. The van der Waals surface area contributed by atoms with E-state index in [-0.39, 0.29) is 12.1 Å². The van der Waals surface area contributed by atoms with Crippen molar-refractivity contribution in [1.29, 1.82) is 0 Å². The summed E-state index contributed by atoms with van der Waals surface area (Å²) in [6.45, 7) is 2.23. The van der Waals surface area contributed by atoms with Gasteiger partial charge in [0.25, 0.3) is 0 Å². The fraction of sp³-hybridized carbons (Fsp3) is 0.900. The Balaban J connectivity index is 2.21. The van der Waals surface area contributed by atoms with Gasteiger partial charge in [-0.1, -0.05) is 25.7 Å². The molecule has 0 aromatic carbocycles. The van der Waals surface area contributed by atoms with Crippen LogP contribution in [0.1, 0.15) is 45.4 Å². The van der Waals surface area contributed by atoms with E-state index >= 15 is 0 Å². The zero-order chi connectivity index (χ0) is 9.52. The van der Waals surface area contributed by atoms with Crippen molar-refractivity contribution in [2.45, 2.75) is 51.5 Å². The molecular weight excluding hydrogens is 166 g/mol. The molecule has 0 bridgehead atoms. The lowest BCUT2D eigenvalue weighted by Gasteiger charge is -2.12. The molecule has 0 spiro atoms. The van der Waals surface area contributed by atoms with E-state index in [4.69, 9.17) is 4.74 Å². The molecular formula is C10H18NO2. The van der Waals surface area contributed by atoms with Crippen LogP contribution < -0.4 is 5.32 Å². The zero-order valence-electron chi connectivity index (χ0n) is 8.29. The van der Waals surface area contributed by atoms with Crippen molar-refractivity contribution in [3.05, 3.63) is 0 Å². The minimum atomic E-state index is -0.380. The van der Waals surface area contributed by atoms with Crippen LogP contribution in [0.25, 0.3) is 0 Å². The van der Waals surface area contributed by atoms with E-state index < -0.39 is 0 Å². The lowest BCUT2D eigenvalue weighted by molar-refractivity contribution is 0.145. The van der Waals surface area contributed by atoms with Crippen LogP contribution in [0.2, 0.25) is 0 Å². The van der Waals surface area contributed by atoms with Gasteiger partial charge in [-0.25, -0.2) is 10.1 Å². The van der Waals surface area contributed by atoms with Gasteiger partial charge in [0.1, 0.15) is 0 Å². The molecule has 0 N–H and O–H groups in total. The molecule has 1 amide bonds. The summed E-state index contributed by atoms with van der Waals surface area (Å²) in [5, 5.41) is 4.02. The van der Waals surface area contributed by atoms with E-state index in [0.29, 0.717) is 6.61 Å². The molecule has 0 atom stereocenters. The fourth-order valence-corrected chi connectivity index (χ4v) is 1.70. The van der Waals surface area contributed by atoms with Crippen LogP contribution >= 0.6 is 0 Å². The quantitative estimate of drug-likeness (QED) is 0.618. The van der Waals surface area contributed by atoms with Crippen molar-refractivity contribution in [1.82, 2.24) is 5.32 Å². The van der Waals surface area contributed by atoms with E-state index in [9.17, 15) is 4.79 Å². The van der Waals surface area contributed by atoms with Gasteiger partial charge in [-0.3, -0.25) is 0 Å². The van der Waals surface area contributed by atoms with Gasteiger partial charge in [0.15, 0.2) is 0 Å². The molecule has 75 valence electrons. The summed E-state index contributed by atoms with van der Waals surface area (Å²) in [6, 6.07) is 0.224. The Morgan fingerprint density at radius 3 is 2.46 bits per heavy atom. The highest BCUT2D eigenvalue weighted by atomic mass is 16.5. The molecule has 13 heavy (non-hydrogen) atoms. The Morgan fingerprint density at radius 2 is 1.92 bits per heavy atom. The Kier molecular flexibility index (Phi) is 4.65. The van der Waals surface area contributed by atoms with Gasteiger partial charge in [0.2, 0.25) is 0 Å². The second-order valence-electron chi connectivity index (χ2n) is 3.47. The molecule has 1 rings (SSSR count). The summed E-state index contributed by atoms with van der Waals surface area (Å²) in [7, 11) is 0. The number of carbonyl (C=O) groups is 1. The highest BCUT2D eigenvalue weighted by Crippen LogP contribution is 2.17. The molecule has 3 heteroatoms. The summed E-state index contributed by atoms with van der Waals surface area (Å²) >= 11 is 0. The molecule has 0 aliphatic heterocycles. The molecule has 0 unspecified atom stereocenters. The van der Waals surface area contributed by atoms with Crippen LogP contribution in [0.15, 0.2) is 0 Å². The van der Waals surface area contributed by atoms with Crippen molar-refractivity contribution in [2.75, 3.05) is 6.61 Å². The molecule has 1 radical (unpaired) electrons. The maximum absolute atomic E-state index is 11.0. The summed E-state index contributed by atoms with van der Waals surface area (Å²) in [5.41, 5.74) is 0. The Bertz CT molecular complexity index is 151. The first-order valence-electron chi connectivity index (χ1n) is 5.20. The third-order valence-corrected chi connectivity index (χ3v) is 2.38. The van der Waals surface area contributed by atoms with Gasteiger partial charge in [0.05, 0.1) is 12.6 Å². The van der Waals surface area contributed by atoms with Gasteiger partial charge in [-0.15, -0.1) is 0 Å². The molecule has 1 aliphatic rings. The van der Waals surface area contributed by atoms with E-state index in [1.807, 2.05) is 0 Å². The molecule has 0 aromatic heterocycles. The summed E-state index contributed by atoms with van der Waals surface area (Å²) in [5.74, 6) is 0. The topological polar surface area (TPSA) is 40.4 Å². The molecule has 1 aliphatic carbocycles. The minimum absolute atomic E-state index is 0.224. The second kappa shape index (κ2) is 5.84. The third kappa shape index (κ3) is 4.15. The van der Waals surface area contributed by atoms with Crippen molar-refractivity contribution in [2.24, 2.45) is 0 Å². The largest absolute Gasteiger partial charge is 0.448 e. The van der Waals surface area contributed by atoms with Gasteiger partial charge >= 0.3 is 6.09 Å². The molecule has 1 saturated carbocycles. The molecule has 3 nitrogen and oxygen atoms in total. The van der Waals surface area contributed by atoms with Crippen LogP contribution in [-0.2, 0) is 4.74 Å². The van der Waals surface area contributed by atoms with Crippen LogP contribution in [0, 0.1) is 0 Å². The monoisotopic (exact) mass is 184 g/mol. The lowest BCUT2D eigenvalue weighted by atomic mass is 10.1. The van der Waals surface area contributed by atoms with Crippen molar-refractivity contribution < 1.29 is 9.53 Å². The van der Waals surface area contributed by atoms with Crippen LogP contribution in [-0.4, -0.2) is 18.7 Å². The van der Waals surface area contributed by atoms with Crippen molar-refractivity contribution in [3.8, 4) is 0 Å². The van der Waals surface area contributed by atoms with E-state index in [0.717, 1.165) is 12.8 Å². The maximum atomic E-state index is 11.0. The summed E-state index contributed by atoms with van der Waals surface area (Å²) < 4.78 is 4.78. The first-order chi connectivity index (χ1) is 6.33. The average Bonchev–Trinajstić information content (AvgIpc) is 2.33. The Hall–Kier alpha value is -0.730. The van der Waals surface area contributed by atoms with Gasteiger partial charge in [-0.05, 0) is 19.8 Å². The summed E-state index contributed by atoms with van der Waals surface area (Å²) in [6.07, 6.45) is 6.71. The molecule has 0 aromatic rings. The summed E-state index contributed by atoms with van der Waals surface area (Å²) in [4.78, 5) is 11.0. The number of amides is 1. The highest BCUT2D eigenvalue weighted by Gasteiger charge is 2.16. The zero-order valence-corrected chi connectivity index (χ0v) is 8.29. The number of carbonyl (C=O) groups excluding carboxylic acids is 1. The Labute approximate surface area is 79.8 Å². The predicted octanol–water partition coefficient (Wildman–Crippen LogP) is 2.47. The van der Waals surface area contributed by atoms with Crippen molar-refractivity contribution >= 4 is 6.09 Å². The van der Waals surface area contributed by atoms with Crippen LogP contribution in [0.3, 0.4) is 0 Å². The molecule has 0 heterocycles. The number of hydrogen-bond donors (Lipinski definition) is 0. The average molecular weight is 184 g/mol. The first-order valence-corrected chi connectivity index (χ1v) is 5.20. The number of hydrogen-bond acceptors (Lipinski definition) is 2. The smallest absolute Gasteiger partial charge is 0.429 e. The first kappa shape index (κ1) is 10.4. The number of rotatable bonds is 2. The van der Waals surface area contributed by atoms with E-state index in [2.05, 4.69) is 5.32 Å². The van der Waals surface area contributed by atoms with E-state index in [1.165, 1.54) is 25.7 Å². The third-order valence-electron chi connectivity index (χ3n) is 2.38. The number of ether oxygens (including phenoxy) is 1. The van der Waals surface area contributed by atoms with Gasteiger partial charge in [-0.2, -0.15) is 0 Å². The minimum Gasteiger partial charge on any atom is -0.448 e. The highest BCUT2D eigenvalue weighted by molar-refractivity contribution is 5.67. The van der Waals surface area contributed by atoms with Gasteiger partial charge < -0.3 is 4.74 Å². The lowest BCUT2D eigenvalue weighted by Crippen LogP contribution is -2.27. The standard InChI is InChI=1S/C10H18NO2/c1-2-13-10(12)11-9-7-5-3-4-6-8-9/h9H,2-8H2,1H3. The molecule has 1 fully saturated rings. The van der Waals surface area contributed by atoms with Crippen LogP contribution in [0.5, 0.6) is 0 Å². The van der Waals surface area contributed by atoms with Crippen molar-refractivity contribution in [3.63, 3.8) is 0 Å². The predicted molar refractivity (Wildman–Crippen MR) is 50.6 cm³/mol. The van der Waals surface area contributed by atoms with E-state index in [1.54, 1.807) is 6.92 Å². The number of nitrogens with zero attached hydrogens (tertiary/aromatic N) is 1. The second-order valence-corrected chi connectivity index (χ2v) is 3.47. The van der Waals surface area contributed by atoms with Crippen LogP contribution in [0.4, 0.5) is 4.79 Å². The van der Waals surface area contributed by atoms with Gasteiger partial charge in [0, 0.05) is 0 Å². The molecule has 0 saturated heterocycles. The SMILES string of the molecule is CCOC(=O)[N]C1CCCCCC1.